The molecular weight excluding hydrogens is 366 g/mol. The van der Waals surface area contributed by atoms with Gasteiger partial charge in [-0.25, -0.2) is 4.98 Å². The van der Waals surface area contributed by atoms with Gasteiger partial charge in [-0.15, -0.1) is 0 Å². The van der Waals surface area contributed by atoms with Crippen molar-refractivity contribution < 1.29 is 0 Å². The van der Waals surface area contributed by atoms with Gasteiger partial charge in [0, 0.05) is 37.6 Å². The van der Waals surface area contributed by atoms with Crippen LogP contribution in [0.2, 0.25) is 5.15 Å². The number of benzene rings is 1. The zero-order valence-corrected chi connectivity index (χ0v) is 14.5. The molecule has 7 heteroatoms. The summed E-state index contributed by atoms with van der Waals surface area (Å²) in [6.07, 6.45) is 1.63. The maximum Gasteiger partial charge on any atom is 0.228 e. The standard InChI is InChI=1S/C15H17BrClN5/c1-22-7-6-18-13(9-22)10-2-4-11(5-3-10)20-15-19-8-12(16)14(17)21-15/h2-5,8,13,18H,6-7,9H2,1H3,(H,19,20,21). The fraction of sp³-hybridized carbons (Fsp3) is 0.333. The second kappa shape index (κ2) is 6.91. The van der Waals surface area contributed by atoms with E-state index in [-0.39, 0.29) is 0 Å². The third-order valence-electron chi connectivity index (χ3n) is 3.65. The van der Waals surface area contributed by atoms with Crippen LogP contribution in [0.25, 0.3) is 0 Å². The Labute approximate surface area is 143 Å². The van der Waals surface area contributed by atoms with Crippen molar-refractivity contribution >= 4 is 39.2 Å². The van der Waals surface area contributed by atoms with Crippen LogP contribution < -0.4 is 10.6 Å². The van der Waals surface area contributed by atoms with Crippen LogP contribution >= 0.6 is 27.5 Å². The molecule has 3 rings (SSSR count). The number of halogens is 2. The van der Waals surface area contributed by atoms with Crippen LogP contribution in [0.3, 0.4) is 0 Å². The SMILES string of the molecule is CN1CCNC(c2ccc(Nc3ncc(Br)c(Cl)n3)cc2)C1. The van der Waals surface area contributed by atoms with E-state index in [1.54, 1.807) is 6.20 Å². The van der Waals surface area contributed by atoms with E-state index in [9.17, 15) is 0 Å². The van der Waals surface area contributed by atoms with E-state index in [4.69, 9.17) is 11.6 Å². The van der Waals surface area contributed by atoms with Gasteiger partial charge in [0.05, 0.1) is 4.47 Å². The number of anilines is 2. The van der Waals surface area contributed by atoms with Crippen LogP contribution in [-0.4, -0.2) is 41.5 Å². The topological polar surface area (TPSA) is 53.1 Å². The average Bonchev–Trinajstić information content (AvgIpc) is 2.52. The minimum atomic E-state index is 0.381. The second-order valence-corrected chi connectivity index (χ2v) is 6.56. The van der Waals surface area contributed by atoms with Gasteiger partial charge in [0.15, 0.2) is 0 Å². The molecule has 0 spiro atoms. The summed E-state index contributed by atoms with van der Waals surface area (Å²) in [5.41, 5.74) is 2.22. The third kappa shape index (κ3) is 3.76. The minimum absolute atomic E-state index is 0.381. The highest BCUT2D eigenvalue weighted by Gasteiger charge is 2.17. The van der Waals surface area contributed by atoms with Gasteiger partial charge in [-0.05, 0) is 40.7 Å². The fourth-order valence-electron chi connectivity index (χ4n) is 2.45. The highest BCUT2D eigenvalue weighted by molar-refractivity contribution is 9.10. The van der Waals surface area contributed by atoms with Crippen LogP contribution in [0.4, 0.5) is 11.6 Å². The van der Waals surface area contributed by atoms with Crippen LogP contribution in [0.15, 0.2) is 34.9 Å². The monoisotopic (exact) mass is 381 g/mol. The number of nitrogens with zero attached hydrogens (tertiary/aromatic N) is 3. The number of rotatable bonds is 3. The molecule has 0 radical (unpaired) electrons. The van der Waals surface area contributed by atoms with Crippen molar-refractivity contribution in [2.45, 2.75) is 6.04 Å². The first-order valence-corrected chi connectivity index (χ1v) is 8.26. The molecule has 22 heavy (non-hydrogen) atoms. The van der Waals surface area contributed by atoms with E-state index in [1.807, 2.05) is 12.1 Å². The van der Waals surface area contributed by atoms with Crippen LogP contribution in [0.5, 0.6) is 0 Å². The molecule has 0 aliphatic carbocycles. The maximum atomic E-state index is 5.97. The third-order valence-corrected chi connectivity index (χ3v) is 4.75. The summed E-state index contributed by atoms with van der Waals surface area (Å²) in [7, 11) is 2.15. The highest BCUT2D eigenvalue weighted by Crippen LogP contribution is 2.23. The zero-order chi connectivity index (χ0) is 15.5. The van der Waals surface area contributed by atoms with Gasteiger partial charge in [-0.3, -0.25) is 0 Å². The predicted octanol–water partition coefficient (Wildman–Crippen LogP) is 3.21. The molecule has 1 atom stereocenters. The molecule has 116 valence electrons. The molecule has 2 N–H and O–H groups in total. The normalized spacial score (nSPS) is 19.1. The predicted molar refractivity (Wildman–Crippen MR) is 92.7 cm³/mol. The molecule has 1 unspecified atom stereocenters. The number of piperazine rings is 1. The van der Waals surface area contributed by atoms with Gasteiger partial charge in [0.2, 0.25) is 5.95 Å². The fourth-order valence-corrected chi connectivity index (χ4v) is 2.77. The molecule has 1 aliphatic rings. The van der Waals surface area contributed by atoms with E-state index >= 15 is 0 Å². The first-order valence-electron chi connectivity index (χ1n) is 7.09. The van der Waals surface area contributed by atoms with Gasteiger partial charge in [0.25, 0.3) is 0 Å². The van der Waals surface area contributed by atoms with Crippen molar-refractivity contribution in [3.05, 3.63) is 45.7 Å². The first-order chi connectivity index (χ1) is 10.6. The van der Waals surface area contributed by atoms with Gasteiger partial charge in [0.1, 0.15) is 5.15 Å². The summed E-state index contributed by atoms with van der Waals surface area (Å²) in [6.45, 7) is 3.14. The Hall–Kier alpha value is -1.21. The molecule has 0 bridgehead atoms. The van der Waals surface area contributed by atoms with Crippen molar-refractivity contribution in [2.24, 2.45) is 0 Å². The summed E-state index contributed by atoms with van der Waals surface area (Å²) in [6, 6.07) is 8.70. The van der Waals surface area contributed by atoms with Gasteiger partial charge in [-0.2, -0.15) is 4.98 Å². The summed E-state index contributed by atoms with van der Waals surface area (Å²) in [4.78, 5) is 10.7. The van der Waals surface area contributed by atoms with Gasteiger partial charge in [-0.1, -0.05) is 23.7 Å². The summed E-state index contributed by atoms with van der Waals surface area (Å²) >= 11 is 9.25. The summed E-state index contributed by atoms with van der Waals surface area (Å²) < 4.78 is 0.683. The average molecular weight is 383 g/mol. The van der Waals surface area contributed by atoms with E-state index < -0.39 is 0 Å². The Kier molecular flexibility index (Phi) is 4.93. The lowest BCUT2D eigenvalue weighted by molar-refractivity contribution is 0.241. The minimum Gasteiger partial charge on any atom is -0.324 e. The molecule has 2 heterocycles. The lowest BCUT2D eigenvalue weighted by Crippen LogP contribution is -2.43. The first kappa shape index (κ1) is 15.7. The molecule has 1 aromatic carbocycles. The Morgan fingerprint density at radius 2 is 2.14 bits per heavy atom. The quantitative estimate of drug-likeness (QED) is 0.798. The van der Waals surface area contributed by atoms with Crippen LogP contribution in [0, 0.1) is 0 Å². The molecule has 0 saturated carbocycles. The van der Waals surface area contributed by atoms with E-state index in [1.165, 1.54) is 5.56 Å². The summed E-state index contributed by atoms with van der Waals surface area (Å²) in [5.74, 6) is 0.483. The number of likely N-dealkylation sites (N-methyl/N-ethyl adjacent to an activating group) is 1. The van der Waals surface area contributed by atoms with E-state index in [0.717, 1.165) is 25.3 Å². The molecule has 1 aliphatic heterocycles. The van der Waals surface area contributed by atoms with Crippen molar-refractivity contribution in [1.82, 2.24) is 20.2 Å². The lowest BCUT2D eigenvalue weighted by Gasteiger charge is -2.31. The van der Waals surface area contributed by atoms with Gasteiger partial charge < -0.3 is 15.5 Å². The Morgan fingerprint density at radius 3 is 2.82 bits per heavy atom. The van der Waals surface area contributed by atoms with E-state index in [0.29, 0.717) is 21.6 Å². The van der Waals surface area contributed by atoms with Gasteiger partial charge >= 0.3 is 0 Å². The van der Waals surface area contributed by atoms with Crippen molar-refractivity contribution in [3.8, 4) is 0 Å². The van der Waals surface area contributed by atoms with Crippen LogP contribution in [0.1, 0.15) is 11.6 Å². The summed E-state index contributed by atoms with van der Waals surface area (Å²) in [5, 5.41) is 7.08. The highest BCUT2D eigenvalue weighted by atomic mass is 79.9. The van der Waals surface area contributed by atoms with Crippen LogP contribution in [-0.2, 0) is 0 Å². The number of hydrogen-bond donors (Lipinski definition) is 2. The smallest absolute Gasteiger partial charge is 0.228 e. The zero-order valence-electron chi connectivity index (χ0n) is 12.2. The Morgan fingerprint density at radius 1 is 1.36 bits per heavy atom. The molecule has 1 fully saturated rings. The number of hydrogen-bond acceptors (Lipinski definition) is 5. The number of nitrogens with one attached hydrogen (secondary N) is 2. The molecule has 5 nitrogen and oxygen atoms in total. The molecule has 1 aromatic heterocycles. The van der Waals surface area contributed by atoms with Crippen molar-refractivity contribution in [2.75, 3.05) is 32.0 Å². The molecule has 2 aromatic rings. The Balaban J connectivity index is 1.69. The van der Waals surface area contributed by atoms with E-state index in [2.05, 4.69) is 60.6 Å². The Bertz CT molecular complexity index is 649. The largest absolute Gasteiger partial charge is 0.324 e. The maximum absolute atomic E-state index is 5.97. The lowest BCUT2D eigenvalue weighted by atomic mass is 10.0. The second-order valence-electron chi connectivity index (χ2n) is 5.35. The molecular formula is C15H17BrClN5. The van der Waals surface area contributed by atoms with Crippen molar-refractivity contribution in [3.63, 3.8) is 0 Å². The molecule has 0 amide bonds. The van der Waals surface area contributed by atoms with Crippen molar-refractivity contribution in [1.29, 1.82) is 0 Å². The number of aromatic nitrogens is 2. The molecule has 1 saturated heterocycles.